The third-order valence-corrected chi connectivity index (χ3v) is 5.25. The van der Waals surface area contributed by atoms with E-state index in [-0.39, 0.29) is 18.0 Å². The Kier molecular flexibility index (Phi) is 7.11. The van der Waals surface area contributed by atoms with Crippen molar-refractivity contribution in [1.82, 2.24) is 9.47 Å². The molecule has 164 valence electrons. The number of hydrogen-bond donors (Lipinski definition) is 0. The number of amides is 1. The van der Waals surface area contributed by atoms with E-state index in [9.17, 15) is 18.0 Å². The Balaban J connectivity index is 1.86. The lowest BCUT2D eigenvalue weighted by atomic mass is 10.1. The third-order valence-electron chi connectivity index (χ3n) is 4.88. The van der Waals surface area contributed by atoms with Gasteiger partial charge in [0.25, 0.3) is 5.91 Å². The molecule has 0 N–H and O–H groups in total. The number of carbonyl (C=O) groups excluding carboxylic acids is 1. The maximum Gasteiger partial charge on any atom is 0.416 e. The Hall–Kier alpha value is -2.73. The van der Waals surface area contributed by atoms with Crippen molar-refractivity contribution in [1.29, 1.82) is 0 Å². The fraction of sp³-hybridized carbons (Fsp3) is 0.292. The summed E-state index contributed by atoms with van der Waals surface area (Å²) in [6.07, 6.45) is -2.59. The smallest absolute Gasteiger partial charge is 0.345 e. The summed E-state index contributed by atoms with van der Waals surface area (Å²) in [5.41, 5.74) is 1.02. The summed E-state index contributed by atoms with van der Waals surface area (Å²) in [7, 11) is 0. The average Bonchev–Trinajstić information content (AvgIpc) is 3.14. The van der Waals surface area contributed by atoms with E-state index in [1.165, 1.54) is 12.1 Å². The first-order valence-corrected chi connectivity index (χ1v) is 10.4. The van der Waals surface area contributed by atoms with E-state index < -0.39 is 17.6 Å². The van der Waals surface area contributed by atoms with Crippen molar-refractivity contribution in [3.8, 4) is 0 Å². The molecule has 3 aromatic rings. The Bertz CT molecular complexity index is 1040. The molecule has 3 rings (SSSR count). The van der Waals surface area contributed by atoms with Gasteiger partial charge in [0.2, 0.25) is 0 Å². The molecule has 0 saturated carbocycles. The number of alkyl halides is 3. The van der Waals surface area contributed by atoms with Crippen molar-refractivity contribution in [2.24, 2.45) is 5.92 Å². The van der Waals surface area contributed by atoms with Gasteiger partial charge in [-0.05, 0) is 47.9 Å². The molecule has 0 spiro atoms. The van der Waals surface area contributed by atoms with Crippen LogP contribution in [0.4, 0.5) is 13.2 Å². The molecule has 2 aromatic carbocycles. The number of aromatic nitrogens is 1. The van der Waals surface area contributed by atoms with Crippen molar-refractivity contribution in [3.05, 3.63) is 94.3 Å². The van der Waals surface area contributed by atoms with Crippen LogP contribution in [0.3, 0.4) is 0 Å². The zero-order valence-electron chi connectivity index (χ0n) is 17.4. The highest BCUT2D eigenvalue weighted by molar-refractivity contribution is 6.31. The SMILES string of the molecule is CC(C)CN(Cc1cccn1Cc1ccccc1Cl)C(=O)c1cccc(C(F)(F)F)c1. The lowest BCUT2D eigenvalue weighted by Crippen LogP contribution is -2.34. The molecule has 0 radical (unpaired) electrons. The van der Waals surface area contributed by atoms with Crippen LogP contribution in [0.15, 0.2) is 66.9 Å². The summed E-state index contributed by atoms with van der Waals surface area (Å²) < 4.78 is 41.3. The first-order chi connectivity index (χ1) is 14.6. The van der Waals surface area contributed by atoms with E-state index in [4.69, 9.17) is 11.6 Å². The standard InChI is InChI=1S/C24H24ClF3N2O/c1-17(2)14-30(23(31)18-8-5-9-20(13-18)24(26,27)28)16-21-10-6-12-29(21)15-19-7-3-4-11-22(19)25/h3-13,17H,14-16H2,1-2H3. The zero-order valence-corrected chi connectivity index (χ0v) is 18.1. The summed E-state index contributed by atoms with van der Waals surface area (Å²) in [6, 6.07) is 15.9. The largest absolute Gasteiger partial charge is 0.416 e. The average molecular weight is 449 g/mol. The molecule has 1 amide bonds. The Morgan fingerprint density at radius 1 is 1.06 bits per heavy atom. The van der Waals surface area contributed by atoms with Crippen LogP contribution in [-0.4, -0.2) is 21.9 Å². The van der Waals surface area contributed by atoms with Crippen LogP contribution in [0.25, 0.3) is 0 Å². The van der Waals surface area contributed by atoms with Gasteiger partial charge in [-0.3, -0.25) is 4.79 Å². The summed E-state index contributed by atoms with van der Waals surface area (Å²) in [6.45, 7) is 5.18. The number of carbonyl (C=O) groups is 1. The van der Waals surface area contributed by atoms with Gasteiger partial charge in [-0.25, -0.2) is 0 Å². The maximum atomic E-state index is 13.1. The molecule has 1 aromatic heterocycles. The van der Waals surface area contributed by atoms with Crippen LogP contribution in [-0.2, 0) is 19.3 Å². The minimum atomic E-state index is -4.50. The molecule has 0 bridgehead atoms. The van der Waals surface area contributed by atoms with E-state index in [0.717, 1.165) is 23.4 Å². The minimum Gasteiger partial charge on any atom is -0.345 e. The summed E-state index contributed by atoms with van der Waals surface area (Å²) in [5.74, 6) is -0.271. The Morgan fingerprint density at radius 3 is 2.48 bits per heavy atom. The molecule has 7 heteroatoms. The summed E-state index contributed by atoms with van der Waals surface area (Å²) in [5, 5.41) is 0.654. The van der Waals surface area contributed by atoms with Crippen LogP contribution >= 0.6 is 11.6 Å². The van der Waals surface area contributed by atoms with Crippen LogP contribution in [0.5, 0.6) is 0 Å². The van der Waals surface area contributed by atoms with Gasteiger partial charge in [-0.15, -0.1) is 0 Å². The van der Waals surface area contributed by atoms with E-state index in [0.29, 0.717) is 18.1 Å². The quantitative estimate of drug-likeness (QED) is 0.404. The highest BCUT2D eigenvalue weighted by atomic mass is 35.5. The van der Waals surface area contributed by atoms with Crippen molar-refractivity contribution < 1.29 is 18.0 Å². The molecule has 0 aliphatic heterocycles. The molecule has 1 heterocycles. The van der Waals surface area contributed by atoms with Crippen LogP contribution in [0, 0.1) is 5.92 Å². The third kappa shape index (κ3) is 5.91. The lowest BCUT2D eigenvalue weighted by molar-refractivity contribution is -0.137. The van der Waals surface area contributed by atoms with Gasteiger partial charge >= 0.3 is 6.18 Å². The predicted molar refractivity (Wildman–Crippen MR) is 116 cm³/mol. The van der Waals surface area contributed by atoms with Gasteiger partial charge < -0.3 is 9.47 Å². The zero-order chi connectivity index (χ0) is 22.6. The first-order valence-electron chi connectivity index (χ1n) is 9.99. The summed E-state index contributed by atoms with van der Waals surface area (Å²) in [4.78, 5) is 14.7. The fourth-order valence-electron chi connectivity index (χ4n) is 3.42. The molecule has 0 aliphatic rings. The lowest BCUT2D eigenvalue weighted by Gasteiger charge is -2.26. The molecule has 0 aliphatic carbocycles. The van der Waals surface area contributed by atoms with Gasteiger partial charge in [0.05, 0.1) is 12.1 Å². The molecule has 0 atom stereocenters. The van der Waals surface area contributed by atoms with Crippen LogP contribution < -0.4 is 0 Å². The van der Waals surface area contributed by atoms with Gasteiger partial charge in [0, 0.05) is 35.6 Å². The number of rotatable bonds is 7. The molecular formula is C24H24ClF3N2O. The van der Waals surface area contributed by atoms with Crippen LogP contribution in [0.1, 0.15) is 41.0 Å². The second-order valence-electron chi connectivity index (χ2n) is 7.88. The predicted octanol–water partition coefficient (Wildman–Crippen LogP) is 6.51. The molecule has 0 fully saturated rings. The number of hydrogen-bond acceptors (Lipinski definition) is 1. The van der Waals surface area contributed by atoms with Gasteiger partial charge in [0.1, 0.15) is 0 Å². The number of nitrogens with zero attached hydrogens (tertiary/aromatic N) is 2. The van der Waals surface area contributed by atoms with Gasteiger partial charge in [-0.1, -0.05) is 49.7 Å². The molecule has 0 unspecified atom stereocenters. The first kappa shape index (κ1) is 22.9. The minimum absolute atomic E-state index is 0.0275. The van der Waals surface area contributed by atoms with E-state index >= 15 is 0 Å². The molecule has 3 nitrogen and oxygen atoms in total. The van der Waals surface area contributed by atoms with Crippen molar-refractivity contribution in [2.45, 2.75) is 33.1 Å². The maximum absolute atomic E-state index is 13.1. The normalized spacial score (nSPS) is 11.7. The monoisotopic (exact) mass is 448 g/mol. The van der Waals surface area contributed by atoms with Gasteiger partial charge in [-0.2, -0.15) is 13.2 Å². The molecular weight excluding hydrogens is 425 g/mol. The topological polar surface area (TPSA) is 25.2 Å². The van der Waals surface area contributed by atoms with Crippen molar-refractivity contribution in [3.63, 3.8) is 0 Å². The number of benzene rings is 2. The molecule has 31 heavy (non-hydrogen) atoms. The van der Waals surface area contributed by atoms with Gasteiger partial charge in [0.15, 0.2) is 0 Å². The molecule has 0 saturated heterocycles. The second-order valence-corrected chi connectivity index (χ2v) is 8.28. The Morgan fingerprint density at radius 2 is 1.81 bits per heavy atom. The van der Waals surface area contributed by atoms with E-state index in [1.54, 1.807) is 4.90 Å². The summed E-state index contributed by atoms with van der Waals surface area (Å²) >= 11 is 6.28. The second kappa shape index (κ2) is 9.60. The van der Waals surface area contributed by atoms with E-state index in [1.807, 2.05) is 61.0 Å². The highest BCUT2D eigenvalue weighted by Crippen LogP contribution is 2.30. The highest BCUT2D eigenvalue weighted by Gasteiger charge is 2.31. The van der Waals surface area contributed by atoms with Crippen LogP contribution in [0.2, 0.25) is 5.02 Å². The van der Waals surface area contributed by atoms with E-state index in [2.05, 4.69) is 0 Å². The fourth-order valence-corrected chi connectivity index (χ4v) is 3.62. The number of halogens is 4. The van der Waals surface area contributed by atoms with Crippen molar-refractivity contribution in [2.75, 3.05) is 6.54 Å². The Labute approximate surface area is 185 Å². The van der Waals surface area contributed by atoms with Crippen molar-refractivity contribution >= 4 is 17.5 Å².